The highest BCUT2D eigenvalue weighted by Crippen LogP contribution is 2.37. The molecule has 8 heteroatoms. The van der Waals surface area contributed by atoms with Crippen LogP contribution in [-0.2, 0) is 12.1 Å². The van der Waals surface area contributed by atoms with Crippen molar-refractivity contribution in [1.82, 2.24) is 10.2 Å². The van der Waals surface area contributed by atoms with Gasteiger partial charge in [-0.05, 0) is 12.1 Å². The van der Waals surface area contributed by atoms with Crippen LogP contribution in [0, 0.1) is 0 Å². The van der Waals surface area contributed by atoms with Gasteiger partial charge in [-0.2, -0.15) is 13.2 Å². The lowest BCUT2D eigenvalue weighted by atomic mass is 10.1. The number of benzene rings is 1. The molecule has 0 bridgehead atoms. The first-order chi connectivity index (χ1) is 8.41. The van der Waals surface area contributed by atoms with Crippen LogP contribution in [0.3, 0.4) is 0 Å². The van der Waals surface area contributed by atoms with Crippen molar-refractivity contribution in [2.75, 3.05) is 0 Å². The highest BCUT2D eigenvalue weighted by atomic mass is 79.9. The Morgan fingerprint density at radius 2 is 2.00 bits per heavy atom. The summed E-state index contributed by atoms with van der Waals surface area (Å²) < 4.78 is 38.2. The quantitative estimate of drug-likeness (QED) is 0.727. The van der Waals surface area contributed by atoms with Crippen LogP contribution in [0.2, 0.25) is 0 Å². The summed E-state index contributed by atoms with van der Waals surface area (Å²) in [6.07, 6.45) is -4.41. The van der Waals surface area contributed by atoms with Crippen LogP contribution >= 0.6 is 38.9 Å². The molecular weight excluding hydrogens is 353 g/mol. The third-order valence-electron chi connectivity index (χ3n) is 2.10. The van der Waals surface area contributed by atoms with E-state index in [1.807, 2.05) is 0 Å². The first-order valence-electron chi connectivity index (χ1n) is 4.67. The van der Waals surface area contributed by atoms with Crippen LogP contribution in [0.15, 0.2) is 22.7 Å². The van der Waals surface area contributed by atoms with E-state index in [-0.39, 0.29) is 10.4 Å². The number of hydrogen-bond acceptors (Lipinski definition) is 3. The third-order valence-corrected chi connectivity index (χ3v) is 4.18. The summed E-state index contributed by atoms with van der Waals surface area (Å²) in [6, 6.07) is 3.94. The summed E-state index contributed by atoms with van der Waals surface area (Å²) >= 11 is 9.64. The zero-order valence-corrected chi connectivity index (χ0v) is 11.8. The summed E-state index contributed by atoms with van der Waals surface area (Å²) in [5.41, 5.74) is -0.359. The van der Waals surface area contributed by atoms with Crippen molar-refractivity contribution < 1.29 is 13.2 Å². The van der Waals surface area contributed by atoms with Gasteiger partial charge in [-0.15, -0.1) is 21.8 Å². The Bertz CT molecular complexity index is 570. The molecule has 0 radical (unpaired) electrons. The predicted octanol–water partition coefficient (Wildman–Crippen LogP) is 4.73. The lowest BCUT2D eigenvalue weighted by Crippen LogP contribution is -2.06. The first kappa shape index (κ1) is 13.8. The van der Waals surface area contributed by atoms with E-state index < -0.39 is 11.7 Å². The Kier molecular flexibility index (Phi) is 3.93. The molecule has 2 nitrogen and oxygen atoms in total. The number of alkyl halides is 4. The fourth-order valence-electron chi connectivity index (χ4n) is 1.30. The lowest BCUT2D eigenvalue weighted by Gasteiger charge is -2.09. The van der Waals surface area contributed by atoms with E-state index in [0.717, 1.165) is 6.07 Å². The van der Waals surface area contributed by atoms with Crippen molar-refractivity contribution in [2.24, 2.45) is 0 Å². The first-order valence-corrected chi connectivity index (χ1v) is 6.81. The van der Waals surface area contributed by atoms with Gasteiger partial charge in [0.2, 0.25) is 0 Å². The Balaban J connectivity index is 2.47. The highest BCUT2D eigenvalue weighted by Gasteiger charge is 2.33. The maximum Gasteiger partial charge on any atom is 0.417 e. The van der Waals surface area contributed by atoms with Gasteiger partial charge < -0.3 is 0 Å². The van der Waals surface area contributed by atoms with Gasteiger partial charge in [-0.25, -0.2) is 0 Å². The Hall–Kier alpha value is -0.660. The standard InChI is InChI=1S/C10H5BrClF3N2S/c11-7-2-1-5(3-6(7)10(13,14)15)9-17-16-8(4-12)18-9/h1-3H,4H2. The van der Waals surface area contributed by atoms with Gasteiger partial charge in [0, 0.05) is 10.0 Å². The van der Waals surface area contributed by atoms with E-state index >= 15 is 0 Å². The zero-order chi connectivity index (χ0) is 13.3. The van der Waals surface area contributed by atoms with E-state index in [0.29, 0.717) is 15.6 Å². The molecule has 1 heterocycles. The summed E-state index contributed by atoms with van der Waals surface area (Å²) in [5.74, 6) is 0.195. The molecule has 96 valence electrons. The largest absolute Gasteiger partial charge is 0.417 e. The second-order valence-electron chi connectivity index (χ2n) is 3.33. The van der Waals surface area contributed by atoms with E-state index in [1.165, 1.54) is 17.4 Å². The fraction of sp³-hybridized carbons (Fsp3) is 0.200. The van der Waals surface area contributed by atoms with E-state index in [9.17, 15) is 13.2 Å². The molecule has 2 rings (SSSR count). The molecule has 0 unspecified atom stereocenters. The van der Waals surface area contributed by atoms with Gasteiger partial charge in [-0.3, -0.25) is 0 Å². The van der Waals surface area contributed by atoms with Crippen LogP contribution in [-0.4, -0.2) is 10.2 Å². The van der Waals surface area contributed by atoms with Crippen molar-refractivity contribution in [1.29, 1.82) is 0 Å². The number of halogens is 5. The smallest absolute Gasteiger partial charge is 0.166 e. The summed E-state index contributed by atoms with van der Waals surface area (Å²) in [6.45, 7) is 0. The van der Waals surface area contributed by atoms with E-state index in [1.54, 1.807) is 6.07 Å². The topological polar surface area (TPSA) is 25.8 Å². The molecule has 0 amide bonds. The highest BCUT2D eigenvalue weighted by molar-refractivity contribution is 9.10. The lowest BCUT2D eigenvalue weighted by molar-refractivity contribution is -0.138. The zero-order valence-electron chi connectivity index (χ0n) is 8.63. The fourth-order valence-corrected chi connectivity index (χ4v) is 2.67. The second kappa shape index (κ2) is 5.14. The van der Waals surface area contributed by atoms with Crippen LogP contribution in [0.1, 0.15) is 10.6 Å². The molecule has 2 aromatic rings. The monoisotopic (exact) mass is 356 g/mol. The number of aromatic nitrogens is 2. The molecule has 1 aromatic heterocycles. The van der Waals surface area contributed by atoms with Crippen LogP contribution in [0.25, 0.3) is 10.6 Å². The van der Waals surface area contributed by atoms with Crippen molar-refractivity contribution in [3.05, 3.63) is 33.2 Å². The number of nitrogens with zero attached hydrogens (tertiary/aromatic N) is 2. The van der Waals surface area contributed by atoms with E-state index in [2.05, 4.69) is 26.1 Å². The summed E-state index contributed by atoms with van der Waals surface area (Å²) in [4.78, 5) is 0. The molecule has 0 saturated heterocycles. The van der Waals surface area contributed by atoms with Gasteiger partial charge in [0.25, 0.3) is 0 Å². The number of hydrogen-bond donors (Lipinski definition) is 0. The van der Waals surface area contributed by atoms with Crippen molar-refractivity contribution in [2.45, 2.75) is 12.1 Å². The molecule has 0 aliphatic rings. The minimum atomic E-state index is -4.41. The van der Waals surface area contributed by atoms with Gasteiger partial charge in [-0.1, -0.05) is 33.3 Å². The van der Waals surface area contributed by atoms with Crippen molar-refractivity contribution >= 4 is 38.9 Å². The van der Waals surface area contributed by atoms with Crippen LogP contribution < -0.4 is 0 Å². The minimum absolute atomic E-state index is 0.000771. The maximum atomic E-state index is 12.7. The molecule has 18 heavy (non-hydrogen) atoms. The van der Waals surface area contributed by atoms with Crippen LogP contribution in [0.4, 0.5) is 13.2 Å². The summed E-state index contributed by atoms with van der Waals surface area (Å²) in [5, 5.41) is 8.57. The average Bonchev–Trinajstić information content (AvgIpc) is 2.76. The normalized spacial score (nSPS) is 11.8. The predicted molar refractivity (Wildman–Crippen MR) is 67.6 cm³/mol. The molecular formula is C10H5BrClF3N2S. The van der Waals surface area contributed by atoms with Crippen molar-refractivity contribution in [3.8, 4) is 10.6 Å². The number of rotatable bonds is 2. The van der Waals surface area contributed by atoms with Gasteiger partial charge in [0.05, 0.1) is 11.4 Å². The SMILES string of the molecule is FC(F)(F)c1cc(-c2nnc(CCl)s2)ccc1Br. The van der Waals surface area contributed by atoms with Gasteiger partial charge >= 0.3 is 6.18 Å². The summed E-state index contributed by atoms with van der Waals surface area (Å²) in [7, 11) is 0. The maximum absolute atomic E-state index is 12.7. The minimum Gasteiger partial charge on any atom is -0.166 e. The van der Waals surface area contributed by atoms with Crippen molar-refractivity contribution in [3.63, 3.8) is 0 Å². The average molecular weight is 358 g/mol. The molecule has 0 aliphatic carbocycles. The molecule has 0 spiro atoms. The van der Waals surface area contributed by atoms with Gasteiger partial charge in [0.1, 0.15) is 10.0 Å². The molecule has 0 aliphatic heterocycles. The molecule has 0 saturated carbocycles. The Labute approximate surface area is 118 Å². The third kappa shape index (κ3) is 2.84. The molecule has 1 aromatic carbocycles. The molecule has 0 fully saturated rings. The van der Waals surface area contributed by atoms with Gasteiger partial charge in [0.15, 0.2) is 0 Å². The second-order valence-corrected chi connectivity index (χ2v) is 5.51. The molecule has 0 atom stereocenters. The Morgan fingerprint density at radius 3 is 2.56 bits per heavy atom. The molecule has 0 N–H and O–H groups in total. The van der Waals surface area contributed by atoms with E-state index in [4.69, 9.17) is 11.6 Å². The Morgan fingerprint density at radius 1 is 1.28 bits per heavy atom. The van der Waals surface area contributed by atoms with Crippen LogP contribution in [0.5, 0.6) is 0 Å².